The van der Waals surface area contributed by atoms with Gasteiger partial charge >= 0.3 is 5.97 Å². The molecule has 3 rings (SSSR count). The standard InChI is InChI=1S/C12H18FNO2/c13-12-3-1-7-10(12)8(2-4-12)11(7,6-14)5-9(15)16/h7-8,10H,1-6,14H2,(H,15,16)/t7-,8+,10+,11-,12+. The van der Waals surface area contributed by atoms with Gasteiger partial charge in [0.2, 0.25) is 0 Å². The molecule has 3 nitrogen and oxygen atoms in total. The lowest BCUT2D eigenvalue weighted by Gasteiger charge is -2.57. The van der Waals surface area contributed by atoms with Gasteiger partial charge in [-0.15, -0.1) is 0 Å². The highest BCUT2D eigenvalue weighted by molar-refractivity contribution is 5.68. The van der Waals surface area contributed by atoms with E-state index in [4.69, 9.17) is 10.8 Å². The van der Waals surface area contributed by atoms with E-state index in [1.807, 2.05) is 0 Å². The van der Waals surface area contributed by atoms with Gasteiger partial charge in [-0.2, -0.15) is 0 Å². The maximum Gasteiger partial charge on any atom is 0.303 e. The van der Waals surface area contributed by atoms with Gasteiger partial charge in [0.15, 0.2) is 0 Å². The van der Waals surface area contributed by atoms with Crippen molar-refractivity contribution >= 4 is 5.97 Å². The number of halogens is 1. The number of carboxylic acids is 1. The zero-order chi connectivity index (χ0) is 11.6. The topological polar surface area (TPSA) is 63.3 Å². The van der Waals surface area contributed by atoms with Gasteiger partial charge in [-0.3, -0.25) is 4.79 Å². The van der Waals surface area contributed by atoms with E-state index in [0.29, 0.717) is 19.4 Å². The summed E-state index contributed by atoms with van der Waals surface area (Å²) in [5, 5.41) is 9.01. The van der Waals surface area contributed by atoms with Crippen LogP contribution in [0.1, 0.15) is 32.1 Å². The average Bonchev–Trinajstić information content (AvgIpc) is 2.63. The Hall–Kier alpha value is -0.640. The highest BCUT2D eigenvalue weighted by Gasteiger charge is 2.73. The van der Waals surface area contributed by atoms with Crippen LogP contribution in [0.4, 0.5) is 4.39 Å². The molecule has 4 heteroatoms. The molecule has 0 aromatic heterocycles. The third-order valence-corrected chi connectivity index (χ3v) is 5.54. The molecule has 5 atom stereocenters. The van der Waals surface area contributed by atoms with E-state index in [1.54, 1.807) is 0 Å². The van der Waals surface area contributed by atoms with E-state index in [9.17, 15) is 9.18 Å². The zero-order valence-electron chi connectivity index (χ0n) is 9.29. The molecule has 0 unspecified atom stereocenters. The van der Waals surface area contributed by atoms with Crippen LogP contribution in [0.25, 0.3) is 0 Å². The molecule has 0 saturated heterocycles. The molecule has 3 fully saturated rings. The lowest BCUT2D eigenvalue weighted by atomic mass is 9.47. The molecule has 0 amide bonds. The van der Waals surface area contributed by atoms with Crippen LogP contribution >= 0.6 is 0 Å². The van der Waals surface area contributed by atoms with Crippen molar-refractivity contribution in [3.05, 3.63) is 0 Å². The highest BCUT2D eigenvalue weighted by atomic mass is 19.1. The van der Waals surface area contributed by atoms with Crippen molar-refractivity contribution < 1.29 is 14.3 Å². The fourth-order valence-corrected chi connectivity index (χ4v) is 4.98. The number of hydrogen-bond donors (Lipinski definition) is 2. The van der Waals surface area contributed by atoms with E-state index < -0.39 is 11.6 Å². The Labute approximate surface area is 94.2 Å². The molecule has 0 aromatic rings. The van der Waals surface area contributed by atoms with Gasteiger partial charge in [-0.25, -0.2) is 4.39 Å². The van der Waals surface area contributed by atoms with Crippen LogP contribution in [0, 0.1) is 23.2 Å². The number of carbonyl (C=O) groups is 1. The molecule has 16 heavy (non-hydrogen) atoms. The van der Waals surface area contributed by atoms with Crippen molar-refractivity contribution in [1.82, 2.24) is 0 Å². The number of carboxylic acid groups (broad SMARTS) is 1. The van der Waals surface area contributed by atoms with Gasteiger partial charge in [0.25, 0.3) is 0 Å². The predicted octanol–water partition coefficient (Wildman–Crippen LogP) is 1.56. The van der Waals surface area contributed by atoms with Crippen molar-refractivity contribution in [2.75, 3.05) is 6.54 Å². The minimum absolute atomic E-state index is 0.121. The third kappa shape index (κ3) is 0.992. The minimum Gasteiger partial charge on any atom is -0.481 e. The Balaban J connectivity index is 1.91. The largest absolute Gasteiger partial charge is 0.481 e. The van der Waals surface area contributed by atoms with Gasteiger partial charge < -0.3 is 10.8 Å². The molecule has 3 aliphatic rings. The van der Waals surface area contributed by atoms with Crippen LogP contribution in [0.3, 0.4) is 0 Å². The summed E-state index contributed by atoms with van der Waals surface area (Å²) in [5.74, 6) is -0.209. The first-order valence-electron chi connectivity index (χ1n) is 6.14. The number of hydrogen-bond acceptors (Lipinski definition) is 2. The first-order valence-corrected chi connectivity index (χ1v) is 6.14. The monoisotopic (exact) mass is 227 g/mol. The molecule has 90 valence electrons. The molecular formula is C12H18FNO2. The van der Waals surface area contributed by atoms with Gasteiger partial charge in [-0.1, -0.05) is 0 Å². The molecular weight excluding hydrogens is 209 g/mol. The molecule has 0 radical (unpaired) electrons. The second-order valence-corrected chi connectivity index (χ2v) is 5.86. The van der Waals surface area contributed by atoms with Gasteiger partial charge in [0, 0.05) is 0 Å². The lowest BCUT2D eigenvalue weighted by molar-refractivity contribution is -0.157. The van der Waals surface area contributed by atoms with Crippen LogP contribution in [-0.2, 0) is 4.79 Å². The molecule has 0 spiro atoms. The summed E-state index contributed by atoms with van der Waals surface area (Å²) in [7, 11) is 0. The van der Waals surface area contributed by atoms with E-state index in [-0.39, 0.29) is 29.6 Å². The fraction of sp³-hybridized carbons (Fsp3) is 0.917. The third-order valence-electron chi connectivity index (χ3n) is 5.54. The van der Waals surface area contributed by atoms with Crippen molar-refractivity contribution in [3.8, 4) is 0 Å². The Morgan fingerprint density at radius 1 is 1.38 bits per heavy atom. The molecule has 3 saturated carbocycles. The van der Waals surface area contributed by atoms with Crippen molar-refractivity contribution in [2.24, 2.45) is 28.9 Å². The number of nitrogens with two attached hydrogens (primary N) is 1. The van der Waals surface area contributed by atoms with Gasteiger partial charge in [0.05, 0.1) is 6.42 Å². The predicted molar refractivity (Wildman–Crippen MR) is 56.5 cm³/mol. The van der Waals surface area contributed by atoms with E-state index >= 15 is 0 Å². The summed E-state index contributed by atoms with van der Waals surface area (Å²) >= 11 is 0. The Kier molecular flexibility index (Phi) is 1.95. The summed E-state index contributed by atoms with van der Waals surface area (Å²) < 4.78 is 14.4. The molecule has 0 bridgehead atoms. The zero-order valence-corrected chi connectivity index (χ0v) is 9.29. The van der Waals surface area contributed by atoms with Crippen LogP contribution in [0.2, 0.25) is 0 Å². The fourth-order valence-electron chi connectivity index (χ4n) is 4.98. The lowest BCUT2D eigenvalue weighted by Crippen LogP contribution is -2.60. The quantitative estimate of drug-likeness (QED) is 0.769. The second-order valence-electron chi connectivity index (χ2n) is 5.86. The summed E-state index contributed by atoms with van der Waals surface area (Å²) in [6.45, 7) is 0.404. The summed E-state index contributed by atoms with van der Waals surface area (Å²) in [6.07, 6.45) is 3.05. The smallest absolute Gasteiger partial charge is 0.303 e. The molecule has 0 aliphatic heterocycles. The number of alkyl halides is 1. The van der Waals surface area contributed by atoms with Crippen molar-refractivity contribution in [3.63, 3.8) is 0 Å². The van der Waals surface area contributed by atoms with E-state index in [1.165, 1.54) is 0 Å². The summed E-state index contributed by atoms with van der Waals surface area (Å²) in [5.41, 5.74) is 4.54. The summed E-state index contributed by atoms with van der Waals surface area (Å²) in [6, 6.07) is 0. The van der Waals surface area contributed by atoms with Crippen molar-refractivity contribution in [2.45, 2.75) is 37.8 Å². The maximum absolute atomic E-state index is 14.4. The number of aliphatic carboxylic acids is 1. The first kappa shape index (κ1) is 10.5. The highest BCUT2D eigenvalue weighted by Crippen LogP contribution is 2.74. The van der Waals surface area contributed by atoms with Crippen LogP contribution in [0.5, 0.6) is 0 Å². The van der Waals surface area contributed by atoms with E-state index in [2.05, 4.69) is 0 Å². The molecule has 3 aliphatic carbocycles. The average molecular weight is 227 g/mol. The molecule has 0 heterocycles. The Bertz CT molecular complexity index is 328. The van der Waals surface area contributed by atoms with E-state index in [0.717, 1.165) is 12.8 Å². The van der Waals surface area contributed by atoms with Gasteiger partial charge in [-0.05, 0) is 55.4 Å². The molecule has 3 N–H and O–H groups in total. The van der Waals surface area contributed by atoms with Crippen LogP contribution < -0.4 is 5.73 Å². The first-order chi connectivity index (χ1) is 7.53. The summed E-state index contributed by atoms with van der Waals surface area (Å²) in [4.78, 5) is 11.0. The SMILES string of the molecule is NC[C@]1(CC(=O)O)[C@@H]2CC[C@]3(F)CC[C@H]1[C@H]23. The van der Waals surface area contributed by atoms with Gasteiger partial charge in [0.1, 0.15) is 5.67 Å². The van der Waals surface area contributed by atoms with Crippen LogP contribution in [0.15, 0.2) is 0 Å². The normalized spacial score (nSPS) is 53.5. The minimum atomic E-state index is -0.980. The van der Waals surface area contributed by atoms with Crippen molar-refractivity contribution in [1.29, 1.82) is 0 Å². The molecule has 0 aromatic carbocycles. The Morgan fingerprint density at radius 3 is 2.38 bits per heavy atom. The number of rotatable bonds is 3. The second kappa shape index (κ2) is 2.97. The Morgan fingerprint density at radius 2 is 1.94 bits per heavy atom. The van der Waals surface area contributed by atoms with Crippen LogP contribution in [-0.4, -0.2) is 23.3 Å². The maximum atomic E-state index is 14.4.